The SMILES string of the molecule is CC(C)[C@H](NC(=O)c1cccs1)C(=O)O[C@H](C)C(=O)NC1CC1. The van der Waals surface area contributed by atoms with Crippen molar-refractivity contribution in [1.29, 1.82) is 0 Å². The van der Waals surface area contributed by atoms with Crippen molar-refractivity contribution in [3.8, 4) is 0 Å². The highest BCUT2D eigenvalue weighted by molar-refractivity contribution is 7.12. The topological polar surface area (TPSA) is 84.5 Å². The molecule has 2 N–H and O–H groups in total. The predicted octanol–water partition coefficient (Wildman–Crippen LogP) is 1.71. The summed E-state index contributed by atoms with van der Waals surface area (Å²) >= 11 is 1.30. The zero-order valence-electron chi connectivity index (χ0n) is 13.5. The fourth-order valence-electron chi connectivity index (χ4n) is 1.97. The molecule has 126 valence electrons. The van der Waals surface area contributed by atoms with E-state index >= 15 is 0 Å². The molecule has 1 aliphatic rings. The average molecular weight is 338 g/mol. The number of amides is 2. The maximum Gasteiger partial charge on any atom is 0.329 e. The lowest BCUT2D eigenvalue weighted by atomic mass is 10.0. The third-order valence-electron chi connectivity index (χ3n) is 3.54. The third-order valence-corrected chi connectivity index (χ3v) is 4.41. The maximum absolute atomic E-state index is 12.3. The summed E-state index contributed by atoms with van der Waals surface area (Å²) in [4.78, 5) is 36.8. The van der Waals surface area contributed by atoms with Crippen molar-refractivity contribution >= 4 is 29.1 Å². The molecule has 2 atom stereocenters. The van der Waals surface area contributed by atoms with E-state index in [9.17, 15) is 14.4 Å². The number of nitrogens with one attached hydrogen (secondary N) is 2. The van der Waals surface area contributed by atoms with Crippen molar-refractivity contribution in [2.75, 3.05) is 0 Å². The second-order valence-electron chi connectivity index (χ2n) is 6.03. The zero-order valence-corrected chi connectivity index (χ0v) is 14.3. The molecule has 1 heterocycles. The van der Waals surface area contributed by atoms with Crippen molar-refractivity contribution in [2.24, 2.45) is 5.92 Å². The van der Waals surface area contributed by atoms with Crippen LogP contribution >= 0.6 is 11.3 Å². The molecule has 1 aromatic heterocycles. The molecule has 2 rings (SSSR count). The molecule has 1 saturated carbocycles. The molecule has 0 aromatic carbocycles. The minimum atomic E-state index is -0.872. The van der Waals surface area contributed by atoms with Crippen molar-refractivity contribution in [2.45, 2.75) is 51.8 Å². The molecular formula is C16H22N2O4S. The first kappa shape index (κ1) is 17.5. The van der Waals surface area contributed by atoms with Gasteiger partial charge in [-0.2, -0.15) is 0 Å². The van der Waals surface area contributed by atoms with Crippen LogP contribution in [0.15, 0.2) is 17.5 Å². The van der Waals surface area contributed by atoms with Crippen molar-refractivity contribution in [3.05, 3.63) is 22.4 Å². The van der Waals surface area contributed by atoms with E-state index in [1.807, 2.05) is 13.8 Å². The first-order valence-corrected chi connectivity index (χ1v) is 8.61. The summed E-state index contributed by atoms with van der Waals surface area (Å²) in [6, 6.07) is 2.88. The average Bonchev–Trinajstić information content (AvgIpc) is 3.13. The van der Waals surface area contributed by atoms with Crippen LogP contribution in [0, 0.1) is 5.92 Å². The molecule has 1 aromatic rings. The molecule has 6 nitrogen and oxygen atoms in total. The lowest BCUT2D eigenvalue weighted by molar-refractivity contribution is -0.157. The van der Waals surface area contributed by atoms with Gasteiger partial charge in [-0.05, 0) is 37.1 Å². The van der Waals surface area contributed by atoms with Crippen molar-refractivity contribution < 1.29 is 19.1 Å². The summed E-state index contributed by atoms with van der Waals surface area (Å²) in [6.07, 6.45) is 1.07. The number of carbonyl (C=O) groups excluding carboxylic acids is 3. The summed E-state index contributed by atoms with van der Waals surface area (Å²) < 4.78 is 5.22. The van der Waals surface area contributed by atoms with Gasteiger partial charge >= 0.3 is 5.97 Å². The van der Waals surface area contributed by atoms with Gasteiger partial charge in [-0.3, -0.25) is 9.59 Å². The summed E-state index contributed by atoms with van der Waals surface area (Å²) in [5.41, 5.74) is 0. The Bertz CT molecular complexity index is 567. The minimum Gasteiger partial charge on any atom is -0.451 e. The molecular weight excluding hydrogens is 316 g/mol. The number of esters is 1. The Hall–Kier alpha value is -1.89. The summed E-state index contributed by atoms with van der Waals surface area (Å²) in [5, 5.41) is 7.26. The van der Waals surface area contributed by atoms with E-state index in [0.29, 0.717) is 4.88 Å². The summed E-state index contributed by atoms with van der Waals surface area (Å²) in [7, 11) is 0. The highest BCUT2D eigenvalue weighted by atomic mass is 32.1. The van der Waals surface area contributed by atoms with Gasteiger partial charge in [-0.15, -0.1) is 11.3 Å². The number of thiophene rings is 1. The highest BCUT2D eigenvalue weighted by Crippen LogP contribution is 2.19. The number of hydrogen-bond acceptors (Lipinski definition) is 5. The predicted molar refractivity (Wildman–Crippen MR) is 87.1 cm³/mol. The normalized spacial score (nSPS) is 16.5. The van der Waals surface area contributed by atoms with Gasteiger partial charge in [0.15, 0.2) is 6.10 Å². The lowest BCUT2D eigenvalue weighted by Gasteiger charge is -2.22. The van der Waals surface area contributed by atoms with Crippen molar-refractivity contribution in [1.82, 2.24) is 10.6 Å². The lowest BCUT2D eigenvalue weighted by Crippen LogP contribution is -2.47. The maximum atomic E-state index is 12.3. The van der Waals surface area contributed by atoms with Gasteiger partial charge in [-0.1, -0.05) is 19.9 Å². The number of carbonyl (C=O) groups is 3. The van der Waals surface area contributed by atoms with Crippen LogP contribution in [0.5, 0.6) is 0 Å². The molecule has 2 amide bonds. The second-order valence-corrected chi connectivity index (χ2v) is 6.98. The molecule has 23 heavy (non-hydrogen) atoms. The van der Waals surface area contributed by atoms with Crippen LogP contribution in [0.25, 0.3) is 0 Å². The number of ether oxygens (including phenoxy) is 1. The molecule has 0 radical (unpaired) electrons. The van der Waals surface area contributed by atoms with Gasteiger partial charge in [0, 0.05) is 6.04 Å². The van der Waals surface area contributed by atoms with Gasteiger partial charge in [0.05, 0.1) is 4.88 Å². The Kier molecular flexibility index (Phi) is 5.76. The van der Waals surface area contributed by atoms with Gasteiger partial charge < -0.3 is 15.4 Å². The highest BCUT2D eigenvalue weighted by Gasteiger charge is 2.31. The second kappa shape index (κ2) is 7.59. The fourth-order valence-corrected chi connectivity index (χ4v) is 2.59. The first-order chi connectivity index (χ1) is 10.9. The van der Waals surface area contributed by atoms with E-state index in [2.05, 4.69) is 10.6 Å². The van der Waals surface area contributed by atoms with Crippen LogP contribution in [0.1, 0.15) is 43.3 Å². The summed E-state index contributed by atoms with van der Waals surface area (Å²) in [6.45, 7) is 5.17. The van der Waals surface area contributed by atoms with Crippen LogP contribution < -0.4 is 10.6 Å². The van der Waals surface area contributed by atoms with Crippen LogP contribution in [-0.4, -0.2) is 36.0 Å². The first-order valence-electron chi connectivity index (χ1n) is 7.73. The Labute approximate surface area is 139 Å². The van der Waals surface area contributed by atoms with E-state index < -0.39 is 18.1 Å². The Morgan fingerprint density at radius 1 is 1.26 bits per heavy atom. The zero-order chi connectivity index (χ0) is 17.0. The van der Waals surface area contributed by atoms with Gasteiger partial charge in [0.2, 0.25) is 0 Å². The van der Waals surface area contributed by atoms with Gasteiger partial charge in [0.25, 0.3) is 11.8 Å². The Morgan fingerprint density at radius 3 is 2.48 bits per heavy atom. The molecule has 1 fully saturated rings. The molecule has 1 aliphatic carbocycles. The quantitative estimate of drug-likeness (QED) is 0.741. The third kappa shape index (κ3) is 5.06. The minimum absolute atomic E-state index is 0.148. The molecule has 7 heteroatoms. The monoisotopic (exact) mass is 338 g/mol. The summed E-state index contributed by atoms with van der Waals surface area (Å²) in [5.74, 6) is -1.35. The fraction of sp³-hybridized carbons (Fsp3) is 0.562. The molecule has 0 spiro atoms. The Balaban J connectivity index is 1.92. The Morgan fingerprint density at radius 2 is 1.96 bits per heavy atom. The number of rotatable bonds is 7. The molecule has 0 bridgehead atoms. The molecule has 0 aliphatic heterocycles. The van der Waals surface area contributed by atoms with E-state index in [1.165, 1.54) is 18.3 Å². The smallest absolute Gasteiger partial charge is 0.329 e. The van der Waals surface area contributed by atoms with E-state index in [-0.39, 0.29) is 23.8 Å². The van der Waals surface area contributed by atoms with Crippen LogP contribution in [0.2, 0.25) is 0 Å². The van der Waals surface area contributed by atoms with E-state index in [0.717, 1.165) is 12.8 Å². The van der Waals surface area contributed by atoms with Crippen LogP contribution in [0.4, 0.5) is 0 Å². The van der Waals surface area contributed by atoms with Crippen molar-refractivity contribution in [3.63, 3.8) is 0 Å². The van der Waals surface area contributed by atoms with Gasteiger partial charge in [0.1, 0.15) is 6.04 Å². The van der Waals surface area contributed by atoms with Crippen LogP contribution in [-0.2, 0) is 14.3 Å². The standard InChI is InChI=1S/C16H22N2O4S/c1-9(2)13(18-15(20)12-5-4-8-23-12)16(21)22-10(3)14(19)17-11-6-7-11/h4-5,8-11,13H,6-7H2,1-3H3,(H,17,19)(H,18,20)/t10-,13+/m1/s1. The van der Waals surface area contributed by atoms with Gasteiger partial charge in [-0.25, -0.2) is 4.79 Å². The largest absolute Gasteiger partial charge is 0.451 e. The van der Waals surface area contributed by atoms with Crippen LogP contribution in [0.3, 0.4) is 0 Å². The van der Waals surface area contributed by atoms with E-state index in [4.69, 9.17) is 4.74 Å². The molecule has 0 saturated heterocycles. The van der Waals surface area contributed by atoms with E-state index in [1.54, 1.807) is 17.5 Å². The molecule has 0 unspecified atom stereocenters. The number of hydrogen-bond donors (Lipinski definition) is 2.